The Morgan fingerprint density at radius 3 is 2.95 bits per heavy atom. The quantitative estimate of drug-likeness (QED) is 0.887. The maximum absolute atomic E-state index is 13.7. The molecule has 2 atom stereocenters. The van der Waals surface area contributed by atoms with E-state index in [1.54, 1.807) is 12.1 Å². The van der Waals surface area contributed by atoms with Gasteiger partial charge in [-0.05, 0) is 30.9 Å². The standard InChI is InChI=1S/C15H21ClFNO/c1-11-4-3-7-15(8-11,10-19)18-9-12-13(16)5-2-6-14(12)17/h2,5-6,11,18-19H,3-4,7-10H2,1H3. The summed E-state index contributed by atoms with van der Waals surface area (Å²) in [5, 5.41) is 13.5. The molecule has 0 bridgehead atoms. The maximum Gasteiger partial charge on any atom is 0.129 e. The van der Waals surface area contributed by atoms with Gasteiger partial charge in [0.15, 0.2) is 0 Å². The van der Waals surface area contributed by atoms with E-state index in [-0.39, 0.29) is 18.0 Å². The number of halogens is 2. The van der Waals surface area contributed by atoms with Crippen LogP contribution in [0.2, 0.25) is 5.02 Å². The Kier molecular flexibility index (Phi) is 4.82. The molecule has 0 saturated heterocycles. The first-order chi connectivity index (χ1) is 9.06. The number of nitrogens with one attached hydrogen (secondary N) is 1. The van der Waals surface area contributed by atoms with Crippen LogP contribution in [-0.4, -0.2) is 17.3 Å². The highest BCUT2D eigenvalue weighted by molar-refractivity contribution is 6.31. The summed E-state index contributed by atoms with van der Waals surface area (Å²) >= 11 is 6.02. The lowest BCUT2D eigenvalue weighted by molar-refractivity contribution is 0.0979. The molecule has 1 aromatic carbocycles. The molecule has 1 aromatic rings. The molecule has 0 aromatic heterocycles. The Morgan fingerprint density at radius 2 is 2.32 bits per heavy atom. The first kappa shape index (κ1) is 14.8. The molecule has 1 fully saturated rings. The predicted octanol–water partition coefficient (Wildman–Crippen LogP) is 3.51. The summed E-state index contributed by atoms with van der Waals surface area (Å²) in [4.78, 5) is 0. The van der Waals surface area contributed by atoms with E-state index in [0.29, 0.717) is 23.0 Å². The van der Waals surface area contributed by atoms with E-state index in [9.17, 15) is 9.50 Å². The van der Waals surface area contributed by atoms with E-state index in [0.717, 1.165) is 19.3 Å². The summed E-state index contributed by atoms with van der Waals surface area (Å²) in [6, 6.07) is 4.71. The number of aliphatic hydroxyl groups is 1. The second-order valence-electron chi connectivity index (χ2n) is 5.69. The zero-order valence-electron chi connectivity index (χ0n) is 11.3. The van der Waals surface area contributed by atoms with Gasteiger partial charge in [0.1, 0.15) is 5.82 Å². The molecule has 2 rings (SSSR count). The Balaban J connectivity index is 2.07. The van der Waals surface area contributed by atoms with Gasteiger partial charge in [0.2, 0.25) is 0 Å². The molecular weight excluding hydrogens is 265 g/mol. The normalized spacial score (nSPS) is 27.5. The van der Waals surface area contributed by atoms with Crippen molar-refractivity contribution in [2.24, 2.45) is 5.92 Å². The van der Waals surface area contributed by atoms with Crippen LogP contribution in [-0.2, 0) is 6.54 Å². The molecule has 1 saturated carbocycles. The molecule has 2 unspecified atom stereocenters. The van der Waals surface area contributed by atoms with Crippen molar-refractivity contribution in [3.05, 3.63) is 34.6 Å². The van der Waals surface area contributed by atoms with Gasteiger partial charge in [0.25, 0.3) is 0 Å². The Labute approximate surface area is 119 Å². The van der Waals surface area contributed by atoms with Crippen LogP contribution in [0.15, 0.2) is 18.2 Å². The molecule has 0 radical (unpaired) electrons. The minimum Gasteiger partial charge on any atom is -0.394 e. The molecule has 106 valence electrons. The molecule has 0 heterocycles. The van der Waals surface area contributed by atoms with E-state index >= 15 is 0 Å². The van der Waals surface area contributed by atoms with Crippen LogP contribution >= 0.6 is 11.6 Å². The zero-order valence-corrected chi connectivity index (χ0v) is 12.0. The van der Waals surface area contributed by atoms with Gasteiger partial charge in [-0.15, -0.1) is 0 Å². The highest BCUT2D eigenvalue weighted by Gasteiger charge is 2.34. The number of hydrogen-bond acceptors (Lipinski definition) is 2. The molecule has 0 aliphatic heterocycles. The smallest absolute Gasteiger partial charge is 0.129 e. The van der Waals surface area contributed by atoms with Crippen LogP contribution in [0, 0.1) is 11.7 Å². The predicted molar refractivity (Wildman–Crippen MR) is 75.7 cm³/mol. The fourth-order valence-electron chi connectivity index (χ4n) is 3.00. The van der Waals surface area contributed by atoms with Crippen LogP contribution in [0.4, 0.5) is 4.39 Å². The summed E-state index contributed by atoms with van der Waals surface area (Å²) in [6.45, 7) is 2.64. The number of hydrogen-bond donors (Lipinski definition) is 2. The second kappa shape index (κ2) is 6.21. The van der Waals surface area contributed by atoms with E-state index in [1.807, 2.05) is 0 Å². The van der Waals surface area contributed by atoms with E-state index in [4.69, 9.17) is 11.6 Å². The summed E-state index contributed by atoms with van der Waals surface area (Å²) in [5.41, 5.74) is 0.193. The topological polar surface area (TPSA) is 32.3 Å². The average Bonchev–Trinajstić information content (AvgIpc) is 2.38. The molecule has 0 amide bonds. The van der Waals surface area contributed by atoms with Gasteiger partial charge in [-0.1, -0.05) is 37.4 Å². The summed E-state index contributed by atoms with van der Waals surface area (Å²) in [6.07, 6.45) is 4.15. The van der Waals surface area contributed by atoms with Crippen LogP contribution in [0.3, 0.4) is 0 Å². The van der Waals surface area contributed by atoms with Gasteiger partial charge in [-0.3, -0.25) is 0 Å². The van der Waals surface area contributed by atoms with Crippen LogP contribution < -0.4 is 5.32 Å². The monoisotopic (exact) mass is 285 g/mol. The zero-order chi connectivity index (χ0) is 13.9. The lowest BCUT2D eigenvalue weighted by Gasteiger charge is -2.39. The third-order valence-corrected chi connectivity index (χ3v) is 4.45. The molecule has 2 nitrogen and oxygen atoms in total. The van der Waals surface area contributed by atoms with Crippen molar-refractivity contribution < 1.29 is 9.50 Å². The molecular formula is C15H21ClFNO. The first-order valence-corrected chi connectivity index (χ1v) is 7.23. The molecule has 4 heteroatoms. The Hall–Kier alpha value is -0.640. The van der Waals surface area contributed by atoms with Crippen molar-refractivity contribution in [2.45, 2.75) is 44.7 Å². The summed E-state index contributed by atoms with van der Waals surface area (Å²) in [5.74, 6) is 0.293. The minimum atomic E-state index is -0.294. The van der Waals surface area contributed by atoms with Crippen LogP contribution in [0.5, 0.6) is 0 Å². The van der Waals surface area contributed by atoms with Gasteiger partial charge >= 0.3 is 0 Å². The molecule has 1 aliphatic carbocycles. The van der Waals surface area contributed by atoms with Crippen molar-refractivity contribution in [1.29, 1.82) is 0 Å². The SMILES string of the molecule is CC1CCCC(CO)(NCc2c(F)cccc2Cl)C1. The van der Waals surface area contributed by atoms with Crippen LogP contribution in [0.1, 0.15) is 38.2 Å². The maximum atomic E-state index is 13.7. The minimum absolute atomic E-state index is 0.0867. The second-order valence-corrected chi connectivity index (χ2v) is 6.10. The van der Waals surface area contributed by atoms with Crippen molar-refractivity contribution >= 4 is 11.6 Å². The molecule has 1 aliphatic rings. The van der Waals surface area contributed by atoms with Gasteiger partial charge in [-0.25, -0.2) is 4.39 Å². The van der Waals surface area contributed by atoms with E-state index in [2.05, 4.69) is 12.2 Å². The van der Waals surface area contributed by atoms with E-state index in [1.165, 1.54) is 12.5 Å². The first-order valence-electron chi connectivity index (χ1n) is 6.85. The number of rotatable bonds is 4. The molecule has 19 heavy (non-hydrogen) atoms. The molecule has 0 spiro atoms. The average molecular weight is 286 g/mol. The van der Waals surface area contributed by atoms with Gasteiger partial charge < -0.3 is 10.4 Å². The van der Waals surface area contributed by atoms with Gasteiger partial charge in [0.05, 0.1) is 6.61 Å². The molecule has 2 N–H and O–H groups in total. The summed E-state index contributed by atoms with van der Waals surface area (Å²) < 4.78 is 13.7. The number of benzene rings is 1. The van der Waals surface area contributed by atoms with Gasteiger partial charge in [0, 0.05) is 22.7 Å². The van der Waals surface area contributed by atoms with Crippen molar-refractivity contribution in [2.75, 3.05) is 6.61 Å². The highest BCUT2D eigenvalue weighted by Crippen LogP contribution is 2.32. The fourth-order valence-corrected chi connectivity index (χ4v) is 3.23. The third kappa shape index (κ3) is 3.47. The Bertz CT molecular complexity index is 420. The van der Waals surface area contributed by atoms with E-state index < -0.39 is 0 Å². The Morgan fingerprint density at radius 1 is 1.53 bits per heavy atom. The van der Waals surface area contributed by atoms with Crippen molar-refractivity contribution in [3.8, 4) is 0 Å². The fraction of sp³-hybridized carbons (Fsp3) is 0.600. The van der Waals surface area contributed by atoms with Crippen molar-refractivity contribution in [3.63, 3.8) is 0 Å². The lowest BCUT2D eigenvalue weighted by atomic mass is 9.77. The number of aliphatic hydroxyl groups excluding tert-OH is 1. The lowest BCUT2D eigenvalue weighted by Crippen LogP contribution is -2.51. The van der Waals surface area contributed by atoms with Gasteiger partial charge in [-0.2, -0.15) is 0 Å². The van der Waals surface area contributed by atoms with Crippen molar-refractivity contribution in [1.82, 2.24) is 5.32 Å². The third-order valence-electron chi connectivity index (χ3n) is 4.10. The highest BCUT2D eigenvalue weighted by atomic mass is 35.5. The largest absolute Gasteiger partial charge is 0.394 e. The van der Waals surface area contributed by atoms with Crippen LogP contribution in [0.25, 0.3) is 0 Å². The summed E-state index contributed by atoms with van der Waals surface area (Å²) in [7, 11) is 0.